The van der Waals surface area contributed by atoms with Gasteiger partial charge in [-0.3, -0.25) is 4.40 Å². The molecule has 2 heterocycles. The fourth-order valence-electron chi connectivity index (χ4n) is 1.46. The van der Waals surface area contributed by atoms with Gasteiger partial charge in [-0.1, -0.05) is 15.9 Å². The first kappa shape index (κ1) is 10.6. The van der Waals surface area contributed by atoms with Gasteiger partial charge in [-0.15, -0.1) is 10.2 Å². The second kappa shape index (κ2) is 4.72. The molecule has 0 unspecified atom stereocenters. The van der Waals surface area contributed by atoms with E-state index in [0.717, 1.165) is 35.4 Å². The molecule has 0 aliphatic heterocycles. The molecule has 0 fully saturated rings. The SMILES string of the molecule is COCCCc1nnc2cc(Br)ccn12. The first-order valence-electron chi connectivity index (χ1n) is 4.79. The molecule has 80 valence electrons. The lowest BCUT2D eigenvalue weighted by Crippen LogP contribution is -1.98. The Morgan fingerprint density at radius 3 is 3.13 bits per heavy atom. The second-order valence-corrected chi connectivity index (χ2v) is 4.20. The van der Waals surface area contributed by atoms with Gasteiger partial charge in [0.1, 0.15) is 5.82 Å². The molecular weight excluding hydrogens is 258 g/mol. The second-order valence-electron chi connectivity index (χ2n) is 3.29. The van der Waals surface area contributed by atoms with Crippen LogP contribution < -0.4 is 0 Å². The molecule has 2 aromatic rings. The van der Waals surface area contributed by atoms with Gasteiger partial charge in [-0.05, 0) is 18.6 Å². The molecule has 0 saturated heterocycles. The molecule has 0 aliphatic rings. The Kier molecular flexibility index (Phi) is 3.33. The van der Waals surface area contributed by atoms with Crippen molar-refractivity contribution in [1.29, 1.82) is 0 Å². The van der Waals surface area contributed by atoms with E-state index >= 15 is 0 Å². The van der Waals surface area contributed by atoms with Gasteiger partial charge in [0.15, 0.2) is 5.65 Å². The number of nitrogens with zero attached hydrogens (tertiary/aromatic N) is 3. The Bertz CT molecular complexity index is 455. The van der Waals surface area contributed by atoms with Gasteiger partial charge in [0, 0.05) is 30.8 Å². The Balaban J connectivity index is 2.21. The highest BCUT2D eigenvalue weighted by molar-refractivity contribution is 9.10. The lowest BCUT2D eigenvalue weighted by molar-refractivity contribution is 0.194. The van der Waals surface area contributed by atoms with Gasteiger partial charge < -0.3 is 4.74 Å². The lowest BCUT2D eigenvalue weighted by Gasteiger charge is -1.99. The summed E-state index contributed by atoms with van der Waals surface area (Å²) >= 11 is 3.40. The number of ether oxygens (including phenoxy) is 1. The molecule has 0 atom stereocenters. The molecule has 0 spiro atoms. The maximum atomic E-state index is 5.01. The summed E-state index contributed by atoms with van der Waals surface area (Å²) in [5.74, 6) is 0.981. The minimum absolute atomic E-state index is 0.755. The van der Waals surface area contributed by atoms with Crippen molar-refractivity contribution in [3.8, 4) is 0 Å². The fourth-order valence-corrected chi connectivity index (χ4v) is 1.78. The quantitative estimate of drug-likeness (QED) is 0.798. The maximum Gasteiger partial charge on any atom is 0.161 e. The van der Waals surface area contributed by atoms with Gasteiger partial charge in [-0.2, -0.15) is 0 Å². The molecule has 0 aliphatic carbocycles. The number of aromatic nitrogens is 3. The first-order valence-corrected chi connectivity index (χ1v) is 5.58. The number of rotatable bonds is 4. The lowest BCUT2D eigenvalue weighted by atomic mass is 10.3. The van der Waals surface area contributed by atoms with E-state index in [9.17, 15) is 0 Å². The van der Waals surface area contributed by atoms with Crippen LogP contribution in [0.2, 0.25) is 0 Å². The van der Waals surface area contributed by atoms with Crippen LogP contribution in [0.3, 0.4) is 0 Å². The van der Waals surface area contributed by atoms with Gasteiger partial charge >= 0.3 is 0 Å². The Labute approximate surface area is 96.4 Å². The first-order chi connectivity index (χ1) is 7.31. The fraction of sp³-hybridized carbons (Fsp3) is 0.400. The van der Waals surface area contributed by atoms with Crippen molar-refractivity contribution < 1.29 is 4.74 Å². The third-order valence-electron chi connectivity index (χ3n) is 2.19. The highest BCUT2D eigenvalue weighted by Gasteiger charge is 2.04. The highest BCUT2D eigenvalue weighted by atomic mass is 79.9. The summed E-state index contributed by atoms with van der Waals surface area (Å²) in [4.78, 5) is 0. The summed E-state index contributed by atoms with van der Waals surface area (Å²) in [5.41, 5.74) is 0.872. The van der Waals surface area contributed by atoms with Crippen molar-refractivity contribution in [2.75, 3.05) is 13.7 Å². The van der Waals surface area contributed by atoms with Crippen LogP contribution in [-0.4, -0.2) is 28.3 Å². The largest absolute Gasteiger partial charge is 0.385 e. The zero-order chi connectivity index (χ0) is 10.7. The number of methoxy groups -OCH3 is 1. The molecule has 0 aromatic carbocycles. The summed E-state index contributed by atoms with van der Waals surface area (Å²) in [6, 6.07) is 3.93. The average Bonchev–Trinajstić information content (AvgIpc) is 2.61. The van der Waals surface area contributed by atoms with Crippen LogP contribution in [0.15, 0.2) is 22.8 Å². The van der Waals surface area contributed by atoms with Crippen LogP contribution in [0.25, 0.3) is 5.65 Å². The summed E-state index contributed by atoms with van der Waals surface area (Å²) in [6.45, 7) is 0.755. The van der Waals surface area contributed by atoms with E-state index in [1.807, 2.05) is 22.7 Å². The molecule has 4 nitrogen and oxygen atoms in total. The van der Waals surface area contributed by atoms with E-state index in [1.165, 1.54) is 0 Å². The van der Waals surface area contributed by atoms with Gasteiger partial charge in [0.2, 0.25) is 0 Å². The predicted octanol–water partition coefficient (Wildman–Crippen LogP) is 2.07. The molecular formula is C10H12BrN3O. The van der Waals surface area contributed by atoms with Crippen LogP contribution >= 0.6 is 15.9 Å². The summed E-state index contributed by atoms with van der Waals surface area (Å²) in [6.07, 6.45) is 3.82. The van der Waals surface area contributed by atoms with E-state index in [-0.39, 0.29) is 0 Å². The third kappa shape index (κ3) is 2.35. The van der Waals surface area contributed by atoms with E-state index in [1.54, 1.807) is 7.11 Å². The van der Waals surface area contributed by atoms with Crippen LogP contribution in [-0.2, 0) is 11.2 Å². The molecule has 2 aromatic heterocycles. The molecule has 0 amide bonds. The van der Waals surface area contributed by atoms with Crippen molar-refractivity contribution in [2.45, 2.75) is 12.8 Å². The number of aryl methyl sites for hydroxylation is 1. The summed E-state index contributed by atoms with van der Waals surface area (Å²) < 4.78 is 8.03. The van der Waals surface area contributed by atoms with Crippen molar-refractivity contribution in [1.82, 2.24) is 14.6 Å². The molecule has 0 N–H and O–H groups in total. The van der Waals surface area contributed by atoms with Crippen LogP contribution in [0, 0.1) is 0 Å². The van der Waals surface area contributed by atoms with Gasteiger partial charge in [-0.25, -0.2) is 0 Å². The smallest absolute Gasteiger partial charge is 0.161 e. The van der Waals surface area contributed by atoms with E-state index in [0.29, 0.717) is 0 Å². The predicted molar refractivity (Wildman–Crippen MR) is 60.9 cm³/mol. The van der Waals surface area contributed by atoms with Crippen molar-refractivity contribution in [3.05, 3.63) is 28.6 Å². The van der Waals surface area contributed by atoms with Crippen molar-refractivity contribution >= 4 is 21.6 Å². The molecule has 0 bridgehead atoms. The van der Waals surface area contributed by atoms with E-state index < -0.39 is 0 Å². The molecule has 2 rings (SSSR count). The van der Waals surface area contributed by atoms with E-state index in [4.69, 9.17) is 4.74 Å². The van der Waals surface area contributed by atoms with E-state index in [2.05, 4.69) is 26.1 Å². The summed E-state index contributed by atoms with van der Waals surface area (Å²) in [7, 11) is 1.71. The van der Waals surface area contributed by atoms with Crippen molar-refractivity contribution in [3.63, 3.8) is 0 Å². The molecule has 15 heavy (non-hydrogen) atoms. The normalized spacial score (nSPS) is 11.1. The molecule has 0 radical (unpaired) electrons. The average molecular weight is 270 g/mol. The van der Waals surface area contributed by atoms with Crippen molar-refractivity contribution in [2.24, 2.45) is 0 Å². The number of pyridine rings is 1. The Morgan fingerprint density at radius 1 is 1.47 bits per heavy atom. The zero-order valence-electron chi connectivity index (χ0n) is 8.48. The Hall–Kier alpha value is -0.940. The number of hydrogen-bond donors (Lipinski definition) is 0. The number of hydrogen-bond acceptors (Lipinski definition) is 3. The highest BCUT2D eigenvalue weighted by Crippen LogP contribution is 2.13. The molecule has 5 heteroatoms. The maximum absolute atomic E-state index is 5.01. The van der Waals surface area contributed by atoms with Gasteiger partial charge in [0.25, 0.3) is 0 Å². The number of halogens is 1. The van der Waals surface area contributed by atoms with Crippen LogP contribution in [0.1, 0.15) is 12.2 Å². The third-order valence-corrected chi connectivity index (χ3v) is 2.68. The molecule has 0 saturated carbocycles. The number of fused-ring (bicyclic) bond motifs is 1. The Morgan fingerprint density at radius 2 is 2.33 bits per heavy atom. The van der Waals surface area contributed by atoms with Crippen LogP contribution in [0.4, 0.5) is 0 Å². The summed E-state index contributed by atoms with van der Waals surface area (Å²) in [5, 5.41) is 8.25. The topological polar surface area (TPSA) is 39.4 Å². The van der Waals surface area contributed by atoms with Gasteiger partial charge in [0.05, 0.1) is 0 Å². The monoisotopic (exact) mass is 269 g/mol. The zero-order valence-corrected chi connectivity index (χ0v) is 10.1. The minimum Gasteiger partial charge on any atom is -0.385 e. The van der Waals surface area contributed by atoms with Crippen LogP contribution in [0.5, 0.6) is 0 Å². The standard InChI is InChI=1S/C10H12BrN3O/c1-15-6-2-3-9-12-13-10-7-8(11)4-5-14(9)10/h4-5,7H,2-3,6H2,1H3. The minimum atomic E-state index is 0.755.